The molecule has 0 spiro atoms. The molecule has 2 aromatic rings. The number of carbonyl (C=O) groups is 2. The molecule has 0 saturated carbocycles. The number of fused-ring (bicyclic) bond motifs is 1. The second kappa shape index (κ2) is 12.1. The third-order valence-corrected chi connectivity index (χ3v) is 7.00. The Morgan fingerprint density at radius 3 is 2.42 bits per heavy atom. The highest BCUT2D eigenvalue weighted by Crippen LogP contribution is 2.34. The lowest BCUT2D eigenvalue weighted by molar-refractivity contribution is -0.140. The van der Waals surface area contributed by atoms with Crippen LogP contribution in [0.15, 0.2) is 42.5 Å². The fourth-order valence-electron chi connectivity index (χ4n) is 4.09. The summed E-state index contributed by atoms with van der Waals surface area (Å²) in [5, 5.41) is 2.87. The smallest absolute Gasteiger partial charge is 0.244 e. The third-order valence-electron chi connectivity index (χ3n) is 5.86. The average molecular weight is 518 g/mol. The maximum Gasteiger partial charge on any atom is 0.244 e. The molecule has 1 heterocycles. The summed E-state index contributed by atoms with van der Waals surface area (Å²) in [6.45, 7) is 6.72. The summed E-state index contributed by atoms with van der Waals surface area (Å²) >= 11 is 0. The first-order valence-corrected chi connectivity index (χ1v) is 14.0. The second-order valence-corrected chi connectivity index (χ2v) is 10.7. The van der Waals surface area contributed by atoms with E-state index in [1.54, 1.807) is 18.2 Å². The van der Waals surface area contributed by atoms with Crippen LogP contribution in [0.1, 0.15) is 37.8 Å². The van der Waals surface area contributed by atoms with Gasteiger partial charge in [-0.05, 0) is 37.5 Å². The molecule has 36 heavy (non-hydrogen) atoms. The van der Waals surface area contributed by atoms with E-state index in [9.17, 15) is 18.0 Å². The van der Waals surface area contributed by atoms with Gasteiger partial charge in [0.05, 0.1) is 11.9 Å². The molecule has 0 bridgehead atoms. The average Bonchev–Trinajstić information content (AvgIpc) is 2.84. The number of nitrogens with one attached hydrogen (secondary N) is 1. The van der Waals surface area contributed by atoms with Gasteiger partial charge in [-0.3, -0.25) is 13.9 Å². The van der Waals surface area contributed by atoms with Gasteiger partial charge in [0.1, 0.15) is 25.8 Å². The van der Waals surface area contributed by atoms with Gasteiger partial charge in [0, 0.05) is 19.2 Å². The number of sulfonamides is 1. The van der Waals surface area contributed by atoms with Gasteiger partial charge in [0.2, 0.25) is 21.8 Å². The molecule has 1 N–H and O–H groups in total. The molecule has 0 aliphatic carbocycles. The van der Waals surface area contributed by atoms with Gasteiger partial charge in [-0.2, -0.15) is 0 Å². The lowest BCUT2D eigenvalue weighted by atomic mass is 10.1. The van der Waals surface area contributed by atoms with Crippen molar-refractivity contribution in [1.82, 2.24) is 10.2 Å². The summed E-state index contributed by atoms with van der Waals surface area (Å²) in [6.07, 6.45) is 2.20. The number of carbonyl (C=O) groups excluding carboxylic acids is 2. The fourth-order valence-corrected chi connectivity index (χ4v) is 4.94. The van der Waals surface area contributed by atoms with E-state index in [0.29, 0.717) is 37.7 Å². The van der Waals surface area contributed by atoms with Crippen LogP contribution in [0.5, 0.6) is 11.5 Å². The summed E-state index contributed by atoms with van der Waals surface area (Å²) in [6, 6.07) is 11.7. The number of benzene rings is 2. The minimum absolute atomic E-state index is 0.178. The summed E-state index contributed by atoms with van der Waals surface area (Å²) in [5.74, 6) is 0.201. The Morgan fingerprint density at radius 1 is 1.06 bits per heavy atom. The van der Waals surface area contributed by atoms with Crippen molar-refractivity contribution < 1.29 is 27.5 Å². The highest BCUT2D eigenvalue weighted by Gasteiger charge is 2.32. The number of aryl methyl sites for hydroxylation is 1. The largest absolute Gasteiger partial charge is 0.486 e. The van der Waals surface area contributed by atoms with Gasteiger partial charge >= 0.3 is 0 Å². The molecule has 3 rings (SSSR count). The summed E-state index contributed by atoms with van der Waals surface area (Å²) < 4.78 is 37.7. The van der Waals surface area contributed by atoms with E-state index in [2.05, 4.69) is 5.32 Å². The van der Waals surface area contributed by atoms with E-state index < -0.39 is 28.5 Å². The Labute approximate surface area is 213 Å². The molecule has 0 radical (unpaired) electrons. The van der Waals surface area contributed by atoms with Crippen LogP contribution >= 0.6 is 0 Å². The van der Waals surface area contributed by atoms with Crippen molar-refractivity contribution in [3.63, 3.8) is 0 Å². The van der Waals surface area contributed by atoms with Crippen LogP contribution < -0.4 is 19.1 Å². The standard InChI is InChI=1S/C26H35N3O6S/c1-5-12-27-26(31)22(6-2)28(17-20-9-7-8-19(3)15-20)25(30)18-29(36(4,32)33)21-10-11-23-24(16-21)35-14-13-34-23/h7-11,15-16,22H,5-6,12-14,17-18H2,1-4H3,(H,27,31)/t22-/m1/s1. The zero-order chi connectivity index (χ0) is 26.3. The van der Waals surface area contributed by atoms with Crippen molar-refractivity contribution in [2.45, 2.75) is 46.2 Å². The molecule has 2 amide bonds. The lowest BCUT2D eigenvalue weighted by Crippen LogP contribution is -2.52. The predicted octanol–water partition coefficient (Wildman–Crippen LogP) is 2.87. The molecule has 0 aromatic heterocycles. The quantitative estimate of drug-likeness (QED) is 0.492. The van der Waals surface area contributed by atoms with Gasteiger partial charge in [0.15, 0.2) is 11.5 Å². The van der Waals surface area contributed by atoms with Gasteiger partial charge in [-0.15, -0.1) is 0 Å². The maximum atomic E-state index is 13.7. The molecule has 1 aliphatic rings. The zero-order valence-corrected chi connectivity index (χ0v) is 22.1. The number of nitrogens with zero attached hydrogens (tertiary/aromatic N) is 2. The van der Waals surface area contributed by atoms with E-state index in [-0.39, 0.29) is 18.1 Å². The van der Waals surface area contributed by atoms with Crippen molar-refractivity contribution in [2.75, 3.05) is 36.9 Å². The number of rotatable bonds is 11. The number of amides is 2. The van der Waals surface area contributed by atoms with Crippen molar-refractivity contribution >= 4 is 27.5 Å². The Bertz CT molecular complexity index is 1180. The monoisotopic (exact) mass is 517 g/mol. The molecule has 1 aliphatic heterocycles. The predicted molar refractivity (Wildman–Crippen MR) is 139 cm³/mol. The highest BCUT2D eigenvalue weighted by atomic mass is 32.2. The minimum Gasteiger partial charge on any atom is -0.486 e. The van der Waals surface area contributed by atoms with Crippen molar-refractivity contribution in [3.05, 3.63) is 53.6 Å². The van der Waals surface area contributed by atoms with Crippen LogP contribution in [-0.4, -0.2) is 63.7 Å². The van der Waals surface area contributed by atoms with Crippen molar-refractivity contribution in [3.8, 4) is 11.5 Å². The Balaban J connectivity index is 1.94. The van der Waals surface area contributed by atoms with E-state index in [0.717, 1.165) is 28.1 Å². The molecule has 10 heteroatoms. The van der Waals surface area contributed by atoms with Gasteiger partial charge in [-0.25, -0.2) is 8.42 Å². The molecule has 1 atom stereocenters. The van der Waals surface area contributed by atoms with Gasteiger partial charge in [0.25, 0.3) is 0 Å². The summed E-state index contributed by atoms with van der Waals surface area (Å²) in [4.78, 5) is 28.2. The number of hydrogen-bond acceptors (Lipinski definition) is 6. The lowest BCUT2D eigenvalue weighted by Gasteiger charge is -2.33. The van der Waals surface area contributed by atoms with E-state index >= 15 is 0 Å². The zero-order valence-electron chi connectivity index (χ0n) is 21.3. The van der Waals surface area contributed by atoms with Crippen molar-refractivity contribution in [1.29, 1.82) is 0 Å². The molecule has 2 aromatic carbocycles. The topological polar surface area (TPSA) is 105 Å². The normalized spacial score (nSPS) is 13.6. The van der Waals surface area contributed by atoms with Crippen LogP contribution in [0.3, 0.4) is 0 Å². The van der Waals surface area contributed by atoms with Gasteiger partial charge < -0.3 is 19.7 Å². The van der Waals surface area contributed by atoms with Crippen LogP contribution in [-0.2, 0) is 26.2 Å². The molecule has 196 valence electrons. The first-order valence-electron chi connectivity index (χ1n) is 12.1. The van der Waals surface area contributed by atoms with E-state index in [1.165, 1.54) is 4.90 Å². The van der Waals surface area contributed by atoms with Crippen LogP contribution in [0.25, 0.3) is 0 Å². The first-order chi connectivity index (χ1) is 17.1. The van der Waals surface area contributed by atoms with Crippen LogP contribution in [0.4, 0.5) is 5.69 Å². The Hall–Kier alpha value is -3.27. The number of ether oxygens (including phenoxy) is 2. The minimum atomic E-state index is -3.83. The van der Waals surface area contributed by atoms with E-state index in [1.807, 2.05) is 45.0 Å². The molecule has 0 saturated heterocycles. The molecule has 0 unspecified atom stereocenters. The summed E-state index contributed by atoms with van der Waals surface area (Å²) in [7, 11) is -3.83. The maximum absolute atomic E-state index is 13.7. The second-order valence-electron chi connectivity index (χ2n) is 8.82. The number of hydrogen-bond donors (Lipinski definition) is 1. The Kier molecular flexibility index (Phi) is 9.19. The Morgan fingerprint density at radius 2 is 1.78 bits per heavy atom. The highest BCUT2D eigenvalue weighted by molar-refractivity contribution is 7.92. The number of anilines is 1. The van der Waals surface area contributed by atoms with Crippen LogP contribution in [0.2, 0.25) is 0 Å². The first kappa shape index (κ1) is 27.3. The molecular weight excluding hydrogens is 482 g/mol. The SMILES string of the molecule is CCCNC(=O)[C@@H](CC)N(Cc1cccc(C)c1)C(=O)CN(c1ccc2c(c1)OCCO2)S(C)(=O)=O. The van der Waals surface area contributed by atoms with Crippen LogP contribution in [0, 0.1) is 6.92 Å². The van der Waals surface area contributed by atoms with E-state index in [4.69, 9.17) is 9.47 Å². The molecule has 9 nitrogen and oxygen atoms in total. The van der Waals surface area contributed by atoms with Crippen molar-refractivity contribution in [2.24, 2.45) is 0 Å². The van der Waals surface area contributed by atoms with Gasteiger partial charge in [-0.1, -0.05) is 43.7 Å². The molecular formula is C26H35N3O6S. The molecule has 0 fully saturated rings. The summed E-state index contributed by atoms with van der Waals surface area (Å²) in [5.41, 5.74) is 2.17. The fraction of sp³-hybridized carbons (Fsp3) is 0.462. The third kappa shape index (κ3) is 6.90.